The molecule has 33 heavy (non-hydrogen) atoms. The van der Waals surface area contributed by atoms with Crippen LogP contribution in [0.3, 0.4) is 0 Å². The summed E-state index contributed by atoms with van der Waals surface area (Å²) in [5.74, 6) is 0.222. The number of carbonyl (C=O) groups is 1. The number of benzene rings is 1. The van der Waals surface area contributed by atoms with Crippen molar-refractivity contribution in [3.63, 3.8) is 0 Å². The van der Waals surface area contributed by atoms with Crippen LogP contribution in [0.15, 0.2) is 47.5 Å². The van der Waals surface area contributed by atoms with Crippen molar-refractivity contribution in [1.29, 1.82) is 0 Å². The van der Waals surface area contributed by atoms with Gasteiger partial charge in [0, 0.05) is 12.3 Å². The molecular formula is C24H29N5O4. The van der Waals surface area contributed by atoms with Crippen molar-refractivity contribution in [2.45, 2.75) is 64.1 Å². The molecule has 1 aromatic carbocycles. The van der Waals surface area contributed by atoms with Crippen LogP contribution in [-0.2, 0) is 29.7 Å². The van der Waals surface area contributed by atoms with Crippen LogP contribution < -0.4 is 16.0 Å². The monoisotopic (exact) mass is 451 g/mol. The number of aryl methyl sites for hydroxylation is 1. The molecule has 0 spiro atoms. The Kier molecular flexibility index (Phi) is 5.84. The van der Waals surface area contributed by atoms with Gasteiger partial charge in [-0.1, -0.05) is 12.1 Å². The predicted molar refractivity (Wildman–Crippen MR) is 122 cm³/mol. The van der Waals surface area contributed by atoms with Crippen LogP contribution in [-0.4, -0.2) is 36.2 Å². The minimum absolute atomic E-state index is 0.207. The summed E-state index contributed by atoms with van der Waals surface area (Å²) in [6.45, 7) is 5.00. The Balaban J connectivity index is 1.66. The predicted octanol–water partition coefficient (Wildman–Crippen LogP) is 2.13. The van der Waals surface area contributed by atoms with Gasteiger partial charge in [0.25, 0.3) is 11.5 Å². The van der Waals surface area contributed by atoms with Crippen molar-refractivity contribution in [3.8, 4) is 11.5 Å². The third-order valence-electron chi connectivity index (χ3n) is 5.95. The lowest BCUT2D eigenvalue weighted by atomic mass is 9.91. The molecule has 0 saturated carbocycles. The molecule has 4 rings (SSSR count). The van der Waals surface area contributed by atoms with E-state index in [0.717, 1.165) is 35.9 Å². The molecule has 1 atom stereocenters. The number of carbonyl (C=O) groups excluding carboxylic acids is 1. The van der Waals surface area contributed by atoms with E-state index in [0.29, 0.717) is 5.75 Å². The van der Waals surface area contributed by atoms with Crippen LogP contribution in [0.5, 0.6) is 11.5 Å². The molecule has 1 unspecified atom stereocenters. The Morgan fingerprint density at radius 2 is 1.97 bits per heavy atom. The number of hydrogen-bond donors (Lipinski definition) is 2. The first-order valence-electron chi connectivity index (χ1n) is 11.0. The van der Waals surface area contributed by atoms with Crippen molar-refractivity contribution < 1.29 is 14.6 Å². The van der Waals surface area contributed by atoms with Crippen molar-refractivity contribution >= 4 is 5.91 Å². The van der Waals surface area contributed by atoms with E-state index in [1.807, 2.05) is 12.1 Å². The molecule has 0 saturated heterocycles. The Labute approximate surface area is 191 Å². The SMILES string of the molecule is CC(C)(O)Cn1ccc(C(C)(C(N)=O)n2ncc(Oc3cccc4c3CCCC4)cc2=O)n1. The van der Waals surface area contributed by atoms with Crippen molar-refractivity contribution in [2.75, 3.05) is 0 Å². The summed E-state index contributed by atoms with van der Waals surface area (Å²) in [6.07, 6.45) is 7.23. The largest absolute Gasteiger partial charge is 0.455 e. The normalized spacial score (nSPS) is 15.5. The van der Waals surface area contributed by atoms with Crippen LogP contribution >= 0.6 is 0 Å². The van der Waals surface area contributed by atoms with Crippen molar-refractivity contribution in [3.05, 3.63) is 69.9 Å². The van der Waals surface area contributed by atoms with Crippen molar-refractivity contribution in [2.24, 2.45) is 5.73 Å². The second kappa shape index (κ2) is 8.47. The van der Waals surface area contributed by atoms with Gasteiger partial charge in [-0.05, 0) is 69.7 Å². The summed E-state index contributed by atoms with van der Waals surface area (Å²) in [5.41, 5.74) is 5.22. The first-order chi connectivity index (χ1) is 15.6. The van der Waals surface area contributed by atoms with Gasteiger partial charge < -0.3 is 15.6 Å². The number of amides is 1. The zero-order chi connectivity index (χ0) is 23.8. The molecule has 2 aromatic heterocycles. The molecule has 0 fully saturated rings. The average Bonchev–Trinajstić information content (AvgIpc) is 3.20. The third kappa shape index (κ3) is 4.54. The second-order valence-electron chi connectivity index (χ2n) is 9.29. The molecule has 0 radical (unpaired) electrons. The Hall–Kier alpha value is -3.46. The quantitative estimate of drug-likeness (QED) is 0.567. The average molecular weight is 452 g/mol. The summed E-state index contributed by atoms with van der Waals surface area (Å²) >= 11 is 0. The van der Waals surface area contributed by atoms with Gasteiger partial charge in [0.15, 0.2) is 11.3 Å². The lowest BCUT2D eigenvalue weighted by Crippen LogP contribution is -2.50. The van der Waals surface area contributed by atoms with Gasteiger partial charge in [-0.3, -0.25) is 14.3 Å². The van der Waals surface area contributed by atoms with Gasteiger partial charge in [0.1, 0.15) is 5.75 Å². The van der Waals surface area contributed by atoms with Gasteiger partial charge >= 0.3 is 0 Å². The summed E-state index contributed by atoms with van der Waals surface area (Å²) in [4.78, 5) is 25.5. The summed E-state index contributed by atoms with van der Waals surface area (Å²) in [6, 6.07) is 8.82. The maximum Gasteiger partial charge on any atom is 0.271 e. The molecule has 0 aliphatic heterocycles. The lowest BCUT2D eigenvalue weighted by molar-refractivity contribution is -0.124. The molecule has 1 amide bonds. The number of rotatable bonds is 7. The van der Waals surface area contributed by atoms with E-state index >= 15 is 0 Å². The fraction of sp³-hybridized carbons (Fsp3) is 0.417. The van der Waals surface area contributed by atoms with Gasteiger partial charge in [-0.15, -0.1) is 0 Å². The molecule has 1 aliphatic carbocycles. The molecule has 3 aromatic rings. The Bertz CT molecular complexity index is 1240. The maximum atomic E-state index is 13.0. The molecule has 9 nitrogen and oxygen atoms in total. The minimum atomic E-state index is -1.62. The second-order valence-corrected chi connectivity index (χ2v) is 9.29. The Morgan fingerprint density at radius 3 is 2.67 bits per heavy atom. The summed E-state index contributed by atoms with van der Waals surface area (Å²) in [7, 11) is 0. The topological polar surface area (TPSA) is 125 Å². The number of aromatic nitrogens is 4. The maximum absolute atomic E-state index is 13.0. The number of aliphatic hydroxyl groups is 1. The zero-order valence-electron chi connectivity index (χ0n) is 19.1. The fourth-order valence-corrected chi connectivity index (χ4v) is 4.20. The smallest absolute Gasteiger partial charge is 0.271 e. The number of hydrogen-bond acceptors (Lipinski definition) is 6. The highest BCUT2D eigenvalue weighted by Gasteiger charge is 2.40. The highest BCUT2D eigenvalue weighted by molar-refractivity contribution is 5.85. The van der Waals surface area contributed by atoms with Crippen molar-refractivity contribution in [1.82, 2.24) is 19.6 Å². The molecular weight excluding hydrogens is 422 g/mol. The number of primary amides is 1. The fourth-order valence-electron chi connectivity index (χ4n) is 4.20. The van der Waals surface area contributed by atoms with Gasteiger partial charge in [-0.25, -0.2) is 4.68 Å². The number of nitrogens with zero attached hydrogens (tertiary/aromatic N) is 4. The molecule has 3 N–H and O–H groups in total. The van der Waals surface area contributed by atoms with E-state index in [2.05, 4.69) is 16.3 Å². The standard InChI is InChI=1S/C24H29N5O4/c1-23(2,32)15-28-12-11-20(27-28)24(3,22(25)31)29-21(30)13-17(14-26-29)33-19-10-6-8-16-7-4-5-9-18(16)19/h6,8,10-14,32H,4-5,7,9,15H2,1-3H3,(H2,25,31). The van der Waals surface area contributed by atoms with E-state index in [-0.39, 0.29) is 18.0 Å². The molecule has 9 heteroatoms. The highest BCUT2D eigenvalue weighted by atomic mass is 16.5. The van der Waals surface area contributed by atoms with Crippen LogP contribution in [0, 0.1) is 0 Å². The number of ether oxygens (including phenoxy) is 1. The summed E-state index contributed by atoms with van der Waals surface area (Å²) < 4.78 is 8.52. The van der Waals surface area contributed by atoms with Gasteiger partial charge in [0.05, 0.1) is 24.0 Å². The van der Waals surface area contributed by atoms with E-state index in [1.165, 1.54) is 29.4 Å². The first-order valence-corrected chi connectivity index (χ1v) is 11.0. The zero-order valence-corrected chi connectivity index (χ0v) is 19.1. The summed E-state index contributed by atoms with van der Waals surface area (Å²) in [5, 5.41) is 18.6. The van der Waals surface area contributed by atoms with Crippen LogP contribution in [0.25, 0.3) is 0 Å². The first kappa shape index (κ1) is 22.7. The van der Waals surface area contributed by atoms with Crippen LogP contribution in [0.2, 0.25) is 0 Å². The molecule has 2 heterocycles. The highest BCUT2D eigenvalue weighted by Crippen LogP contribution is 2.32. The van der Waals surface area contributed by atoms with Crippen LogP contribution in [0.4, 0.5) is 0 Å². The van der Waals surface area contributed by atoms with Crippen LogP contribution in [0.1, 0.15) is 50.4 Å². The Morgan fingerprint density at radius 1 is 1.21 bits per heavy atom. The van der Waals surface area contributed by atoms with E-state index in [9.17, 15) is 14.7 Å². The number of fused-ring (bicyclic) bond motifs is 1. The number of nitrogens with two attached hydrogens (primary N) is 1. The molecule has 174 valence electrons. The lowest BCUT2D eigenvalue weighted by Gasteiger charge is -2.25. The van der Waals surface area contributed by atoms with E-state index < -0.39 is 22.6 Å². The third-order valence-corrected chi connectivity index (χ3v) is 5.95. The minimum Gasteiger partial charge on any atom is -0.455 e. The molecule has 1 aliphatic rings. The van der Waals surface area contributed by atoms with E-state index in [4.69, 9.17) is 10.5 Å². The van der Waals surface area contributed by atoms with Gasteiger partial charge in [-0.2, -0.15) is 10.2 Å². The van der Waals surface area contributed by atoms with Gasteiger partial charge in [0.2, 0.25) is 0 Å². The van der Waals surface area contributed by atoms with E-state index in [1.54, 1.807) is 26.1 Å². The molecule has 0 bridgehead atoms.